The van der Waals surface area contributed by atoms with Crippen molar-refractivity contribution in [2.24, 2.45) is 10.2 Å². The van der Waals surface area contributed by atoms with E-state index >= 15 is 0 Å². The van der Waals surface area contributed by atoms with Crippen molar-refractivity contribution in [2.45, 2.75) is 52.4 Å². The number of carbonyl (C=O) groups excluding carboxylic acids is 1. The van der Waals surface area contributed by atoms with Crippen molar-refractivity contribution in [1.29, 1.82) is 0 Å². The van der Waals surface area contributed by atoms with Crippen LogP contribution in [0.25, 0.3) is 0 Å². The van der Waals surface area contributed by atoms with Gasteiger partial charge in [-0.15, -0.1) is 10.2 Å². The Bertz CT molecular complexity index is 821. The molecule has 2 aromatic rings. The summed E-state index contributed by atoms with van der Waals surface area (Å²) in [5.41, 5.74) is 8.02. The van der Waals surface area contributed by atoms with E-state index in [9.17, 15) is 9.90 Å². The Morgan fingerprint density at radius 3 is 1.92 bits per heavy atom. The van der Waals surface area contributed by atoms with E-state index in [0.717, 1.165) is 11.1 Å². The number of aromatic hydroxyl groups is 1. The van der Waals surface area contributed by atoms with Gasteiger partial charge in [-0.2, -0.15) is 0 Å². The highest BCUT2D eigenvalue weighted by molar-refractivity contribution is 5.99. The van der Waals surface area contributed by atoms with E-state index in [1.807, 2.05) is 41.5 Å². The third kappa shape index (κ3) is 4.28. The van der Waals surface area contributed by atoms with Crippen LogP contribution in [0.2, 0.25) is 0 Å². The fourth-order valence-corrected chi connectivity index (χ4v) is 2.67. The summed E-state index contributed by atoms with van der Waals surface area (Å²) in [6, 6.07) is 10.3. The molecule has 138 valence electrons. The van der Waals surface area contributed by atoms with Crippen molar-refractivity contribution in [1.82, 2.24) is 0 Å². The first-order valence-corrected chi connectivity index (χ1v) is 8.60. The van der Waals surface area contributed by atoms with Crippen LogP contribution in [0, 0.1) is 0 Å². The standard InChI is InChI=1S/C21H27N3O2/c1-20(2,3)15-11-13(12-16(18(15)25)21(4,5)6)23-24-19(26)14-9-7-8-10-17(14)22/h7-12,25H,22H2,1-6H3. The van der Waals surface area contributed by atoms with Gasteiger partial charge in [0.05, 0.1) is 11.3 Å². The summed E-state index contributed by atoms with van der Waals surface area (Å²) in [4.78, 5) is 12.3. The zero-order chi connectivity index (χ0) is 19.7. The number of hydrogen-bond donors (Lipinski definition) is 2. The normalized spacial score (nSPS) is 12.5. The number of para-hydroxylation sites is 1. The summed E-state index contributed by atoms with van der Waals surface area (Å²) >= 11 is 0. The predicted octanol–water partition coefficient (Wildman–Crippen LogP) is 5.49. The van der Waals surface area contributed by atoms with Crippen LogP contribution in [0.15, 0.2) is 46.6 Å². The summed E-state index contributed by atoms with van der Waals surface area (Å²) < 4.78 is 0. The van der Waals surface area contributed by atoms with E-state index in [2.05, 4.69) is 10.2 Å². The number of nitrogens with zero attached hydrogens (tertiary/aromatic N) is 2. The second-order valence-electron chi connectivity index (χ2n) is 8.48. The lowest BCUT2D eigenvalue weighted by molar-refractivity contribution is 0.0996. The van der Waals surface area contributed by atoms with Gasteiger partial charge in [0.2, 0.25) is 0 Å². The predicted molar refractivity (Wildman–Crippen MR) is 105 cm³/mol. The minimum absolute atomic E-state index is 0.266. The third-order valence-electron chi connectivity index (χ3n) is 4.16. The summed E-state index contributed by atoms with van der Waals surface area (Å²) in [6.45, 7) is 12.1. The van der Waals surface area contributed by atoms with Crippen molar-refractivity contribution in [2.75, 3.05) is 5.73 Å². The average Bonchev–Trinajstić information content (AvgIpc) is 2.51. The lowest BCUT2D eigenvalue weighted by Gasteiger charge is -2.27. The van der Waals surface area contributed by atoms with E-state index in [-0.39, 0.29) is 16.6 Å². The lowest BCUT2D eigenvalue weighted by Crippen LogP contribution is -2.16. The van der Waals surface area contributed by atoms with Gasteiger partial charge < -0.3 is 10.8 Å². The first-order chi connectivity index (χ1) is 11.9. The Morgan fingerprint density at radius 1 is 0.962 bits per heavy atom. The minimum Gasteiger partial charge on any atom is -0.507 e. The number of amides is 1. The number of nitrogen functional groups attached to an aromatic ring is 1. The Labute approximate surface area is 155 Å². The quantitative estimate of drug-likeness (QED) is 0.552. The van der Waals surface area contributed by atoms with Crippen LogP contribution in [0.3, 0.4) is 0 Å². The maximum atomic E-state index is 12.3. The van der Waals surface area contributed by atoms with Crippen LogP contribution in [-0.2, 0) is 10.8 Å². The minimum atomic E-state index is -0.495. The van der Waals surface area contributed by atoms with Gasteiger partial charge in [-0.25, -0.2) is 0 Å². The van der Waals surface area contributed by atoms with Gasteiger partial charge in [-0.05, 0) is 35.1 Å². The topological polar surface area (TPSA) is 88.0 Å². The molecule has 0 radical (unpaired) electrons. The highest BCUT2D eigenvalue weighted by Crippen LogP contribution is 2.41. The molecule has 26 heavy (non-hydrogen) atoms. The van der Waals surface area contributed by atoms with Crippen LogP contribution in [0.5, 0.6) is 5.75 Å². The molecular formula is C21H27N3O2. The first kappa shape index (κ1) is 19.6. The fourth-order valence-electron chi connectivity index (χ4n) is 2.67. The summed E-state index contributed by atoms with van der Waals surface area (Å²) in [7, 11) is 0. The van der Waals surface area contributed by atoms with Crippen LogP contribution in [-0.4, -0.2) is 11.0 Å². The van der Waals surface area contributed by atoms with Gasteiger partial charge in [0, 0.05) is 16.8 Å². The highest BCUT2D eigenvalue weighted by Gasteiger charge is 2.26. The first-order valence-electron chi connectivity index (χ1n) is 8.60. The van der Waals surface area contributed by atoms with Crippen molar-refractivity contribution in [3.05, 3.63) is 53.1 Å². The smallest absolute Gasteiger partial charge is 0.297 e. The van der Waals surface area contributed by atoms with Gasteiger partial charge in [0.25, 0.3) is 5.91 Å². The van der Waals surface area contributed by atoms with E-state index in [1.54, 1.807) is 36.4 Å². The van der Waals surface area contributed by atoms with Gasteiger partial charge in [-0.1, -0.05) is 53.7 Å². The van der Waals surface area contributed by atoms with Crippen LogP contribution in [0.1, 0.15) is 63.0 Å². The summed E-state index contributed by atoms with van der Waals surface area (Å²) in [6.07, 6.45) is 0. The van der Waals surface area contributed by atoms with Gasteiger partial charge in [-0.3, -0.25) is 4.79 Å². The average molecular weight is 353 g/mol. The largest absolute Gasteiger partial charge is 0.507 e. The number of hydrogen-bond acceptors (Lipinski definition) is 4. The molecule has 5 nitrogen and oxygen atoms in total. The Balaban J connectivity index is 2.50. The zero-order valence-corrected chi connectivity index (χ0v) is 16.3. The Kier molecular flexibility index (Phi) is 5.21. The Hall–Kier alpha value is -2.69. The SMILES string of the molecule is CC(C)(C)c1cc(N=NC(=O)c2ccccc2N)cc(C(C)(C)C)c1O. The highest BCUT2D eigenvalue weighted by atomic mass is 16.3. The number of phenols is 1. The molecule has 0 aromatic heterocycles. The number of carbonyl (C=O) groups is 1. The van der Waals surface area contributed by atoms with Crippen molar-refractivity contribution in [3.63, 3.8) is 0 Å². The molecule has 0 aliphatic heterocycles. The molecule has 0 unspecified atom stereocenters. The summed E-state index contributed by atoms with van der Waals surface area (Å²) in [5, 5.41) is 18.7. The van der Waals surface area contributed by atoms with E-state index < -0.39 is 5.91 Å². The number of phenolic OH excluding ortho intramolecular Hbond substituents is 1. The maximum Gasteiger partial charge on any atom is 0.297 e. The van der Waals surface area contributed by atoms with Crippen LogP contribution >= 0.6 is 0 Å². The zero-order valence-electron chi connectivity index (χ0n) is 16.3. The van der Waals surface area contributed by atoms with Crippen molar-refractivity contribution >= 4 is 17.3 Å². The molecule has 2 rings (SSSR count). The molecule has 0 bridgehead atoms. The molecule has 3 N–H and O–H groups in total. The van der Waals surface area contributed by atoms with E-state index in [4.69, 9.17) is 5.73 Å². The molecule has 0 fully saturated rings. The number of nitrogens with two attached hydrogens (primary N) is 1. The molecule has 0 spiro atoms. The molecule has 0 aliphatic carbocycles. The van der Waals surface area contributed by atoms with Gasteiger partial charge in [0.1, 0.15) is 5.75 Å². The lowest BCUT2D eigenvalue weighted by atomic mass is 9.79. The number of azo groups is 1. The molecule has 0 heterocycles. The van der Waals surface area contributed by atoms with E-state index in [1.165, 1.54) is 0 Å². The number of benzene rings is 2. The van der Waals surface area contributed by atoms with Gasteiger partial charge in [0.15, 0.2) is 0 Å². The molecule has 5 heteroatoms. The second-order valence-corrected chi connectivity index (χ2v) is 8.48. The monoisotopic (exact) mass is 353 g/mol. The fraction of sp³-hybridized carbons (Fsp3) is 0.381. The molecule has 2 aromatic carbocycles. The molecule has 0 saturated heterocycles. The molecule has 0 atom stereocenters. The maximum absolute atomic E-state index is 12.3. The second kappa shape index (κ2) is 6.90. The van der Waals surface area contributed by atoms with Crippen LogP contribution in [0.4, 0.5) is 11.4 Å². The molecule has 0 saturated carbocycles. The molecular weight excluding hydrogens is 326 g/mol. The molecule has 1 amide bonds. The van der Waals surface area contributed by atoms with Crippen LogP contribution < -0.4 is 5.73 Å². The summed E-state index contributed by atoms with van der Waals surface area (Å²) in [5.74, 6) is -0.228. The number of anilines is 1. The Morgan fingerprint density at radius 2 is 1.46 bits per heavy atom. The van der Waals surface area contributed by atoms with E-state index in [0.29, 0.717) is 16.9 Å². The molecule has 0 aliphatic rings. The van der Waals surface area contributed by atoms with Crippen molar-refractivity contribution < 1.29 is 9.90 Å². The number of rotatable bonds is 2. The van der Waals surface area contributed by atoms with Crippen molar-refractivity contribution in [3.8, 4) is 5.75 Å². The van der Waals surface area contributed by atoms with Gasteiger partial charge >= 0.3 is 0 Å². The third-order valence-corrected chi connectivity index (χ3v) is 4.16.